The first kappa shape index (κ1) is 9.87. The van der Waals surface area contributed by atoms with E-state index in [1.54, 1.807) is 0 Å². The number of rotatable bonds is 2. The summed E-state index contributed by atoms with van der Waals surface area (Å²) in [5, 5.41) is 0.741. The second-order valence-electron chi connectivity index (χ2n) is 4.16. The van der Waals surface area contributed by atoms with Crippen molar-refractivity contribution < 1.29 is 0 Å². The molecule has 1 aromatic heterocycles. The number of nitrogens with two attached hydrogens (primary N) is 1. The van der Waals surface area contributed by atoms with E-state index in [0.717, 1.165) is 22.7 Å². The van der Waals surface area contributed by atoms with E-state index in [0.29, 0.717) is 6.04 Å². The first-order chi connectivity index (χ1) is 7.75. The largest absolute Gasteiger partial charge is 0.326 e. The van der Waals surface area contributed by atoms with Crippen molar-refractivity contribution in [2.45, 2.75) is 18.5 Å². The molecule has 1 saturated carbocycles. The molecular formula is C12H12ClN3. The fraction of sp³-hybridized carbons (Fsp3) is 0.250. The zero-order valence-electron chi connectivity index (χ0n) is 8.68. The molecule has 3 rings (SSSR count). The molecule has 1 fully saturated rings. The van der Waals surface area contributed by atoms with E-state index >= 15 is 0 Å². The Labute approximate surface area is 98.9 Å². The average molecular weight is 234 g/mol. The first-order valence-corrected chi connectivity index (χ1v) is 5.67. The predicted molar refractivity (Wildman–Crippen MR) is 64.3 cm³/mol. The third-order valence-corrected chi connectivity index (χ3v) is 3.18. The molecule has 0 bridgehead atoms. The highest BCUT2D eigenvalue weighted by Gasteiger charge is 2.36. The van der Waals surface area contributed by atoms with Crippen LogP contribution in [0.5, 0.6) is 0 Å². The summed E-state index contributed by atoms with van der Waals surface area (Å²) in [6.45, 7) is 0. The summed E-state index contributed by atoms with van der Waals surface area (Å²) in [6, 6.07) is 8.47. The number of benzene rings is 1. The molecule has 0 saturated heterocycles. The van der Waals surface area contributed by atoms with Crippen molar-refractivity contribution in [1.29, 1.82) is 0 Å². The SMILES string of the molecule is NC1CC1n1cncc1-c1cccc(Cl)c1. The van der Waals surface area contributed by atoms with Crippen molar-refractivity contribution in [3.05, 3.63) is 41.8 Å². The fourth-order valence-corrected chi connectivity index (χ4v) is 2.15. The van der Waals surface area contributed by atoms with Gasteiger partial charge >= 0.3 is 0 Å². The smallest absolute Gasteiger partial charge is 0.0954 e. The zero-order chi connectivity index (χ0) is 11.1. The Bertz CT molecular complexity index is 520. The van der Waals surface area contributed by atoms with E-state index in [1.807, 2.05) is 36.8 Å². The van der Waals surface area contributed by atoms with Crippen molar-refractivity contribution in [3.63, 3.8) is 0 Å². The van der Waals surface area contributed by atoms with Crippen molar-refractivity contribution >= 4 is 11.6 Å². The normalized spacial score (nSPS) is 23.4. The molecule has 16 heavy (non-hydrogen) atoms. The summed E-state index contributed by atoms with van der Waals surface area (Å²) >= 11 is 5.98. The minimum Gasteiger partial charge on any atom is -0.326 e. The summed E-state index contributed by atoms with van der Waals surface area (Å²) in [4.78, 5) is 4.19. The Kier molecular flexibility index (Phi) is 2.23. The number of hydrogen-bond donors (Lipinski definition) is 1. The number of halogens is 1. The third kappa shape index (κ3) is 1.62. The average Bonchev–Trinajstić information content (AvgIpc) is 2.80. The van der Waals surface area contributed by atoms with Gasteiger partial charge in [-0.3, -0.25) is 0 Å². The lowest BCUT2D eigenvalue weighted by atomic mass is 10.1. The van der Waals surface area contributed by atoms with E-state index in [2.05, 4.69) is 9.55 Å². The summed E-state index contributed by atoms with van der Waals surface area (Å²) in [5.41, 5.74) is 8.03. The van der Waals surface area contributed by atoms with E-state index in [4.69, 9.17) is 17.3 Å². The molecule has 2 N–H and O–H groups in total. The lowest BCUT2D eigenvalue weighted by molar-refractivity contribution is 0.718. The quantitative estimate of drug-likeness (QED) is 0.866. The molecule has 1 aromatic carbocycles. The van der Waals surface area contributed by atoms with Crippen LogP contribution in [0.15, 0.2) is 36.8 Å². The summed E-state index contributed by atoms with van der Waals surface area (Å²) in [7, 11) is 0. The van der Waals surface area contributed by atoms with Gasteiger partial charge in [-0.15, -0.1) is 0 Å². The molecule has 82 valence electrons. The molecule has 0 amide bonds. The van der Waals surface area contributed by atoms with Gasteiger partial charge in [0.2, 0.25) is 0 Å². The van der Waals surface area contributed by atoms with E-state index in [-0.39, 0.29) is 6.04 Å². The molecule has 2 unspecified atom stereocenters. The molecule has 0 aliphatic heterocycles. The van der Waals surface area contributed by atoms with Crippen LogP contribution in [0.1, 0.15) is 12.5 Å². The van der Waals surface area contributed by atoms with Gasteiger partial charge in [0.05, 0.1) is 24.3 Å². The van der Waals surface area contributed by atoms with Crippen molar-refractivity contribution in [1.82, 2.24) is 9.55 Å². The van der Waals surface area contributed by atoms with Crippen LogP contribution < -0.4 is 5.73 Å². The number of aromatic nitrogens is 2. The highest BCUT2D eigenvalue weighted by molar-refractivity contribution is 6.30. The van der Waals surface area contributed by atoms with Gasteiger partial charge in [-0.1, -0.05) is 23.7 Å². The molecule has 0 radical (unpaired) electrons. The third-order valence-electron chi connectivity index (χ3n) is 2.95. The Morgan fingerprint density at radius 2 is 2.25 bits per heavy atom. The lowest BCUT2D eigenvalue weighted by Crippen LogP contribution is -2.06. The fourth-order valence-electron chi connectivity index (χ4n) is 1.96. The highest BCUT2D eigenvalue weighted by atomic mass is 35.5. The maximum absolute atomic E-state index is 5.98. The first-order valence-electron chi connectivity index (χ1n) is 5.29. The molecular weight excluding hydrogens is 222 g/mol. The number of nitrogens with zero attached hydrogens (tertiary/aromatic N) is 2. The standard InChI is InChI=1S/C12H12ClN3/c13-9-3-1-2-8(4-9)12-6-15-7-16(12)11-5-10(11)14/h1-4,6-7,10-11H,5,14H2. The molecule has 3 nitrogen and oxygen atoms in total. The molecule has 2 aromatic rings. The van der Waals surface area contributed by atoms with Crippen LogP contribution in [0.3, 0.4) is 0 Å². The van der Waals surface area contributed by atoms with Crippen LogP contribution in [-0.4, -0.2) is 15.6 Å². The van der Waals surface area contributed by atoms with Crippen molar-refractivity contribution in [2.24, 2.45) is 5.73 Å². The van der Waals surface area contributed by atoms with Crippen LogP contribution in [-0.2, 0) is 0 Å². The molecule has 1 aliphatic carbocycles. The summed E-state index contributed by atoms with van der Waals surface area (Å²) in [5.74, 6) is 0. The van der Waals surface area contributed by atoms with Gasteiger partial charge in [0.1, 0.15) is 0 Å². The predicted octanol–water partition coefficient (Wildman–Crippen LogP) is 2.48. The minimum atomic E-state index is 0.270. The van der Waals surface area contributed by atoms with Gasteiger partial charge in [-0.05, 0) is 18.6 Å². The summed E-state index contributed by atoms with van der Waals surface area (Å²) < 4.78 is 2.14. The van der Waals surface area contributed by atoms with Gasteiger partial charge < -0.3 is 10.3 Å². The second-order valence-corrected chi connectivity index (χ2v) is 4.60. The van der Waals surface area contributed by atoms with Gasteiger partial charge in [0.15, 0.2) is 0 Å². The maximum atomic E-state index is 5.98. The Morgan fingerprint density at radius 3 is 2.94 bits per heavy atom. The van der Waals surface area contributed by atoms with Gasteiger partial charge in [0.25, 0.3) is 0 Å². The van der Waals surface area contributed by atoms with Gasteiger partial charge in [0, 0.05) is 16.6 Å². The van der Waals surface area contributed by atoms with Crippen LogP contribution in [0.25, 0.3) is 11.3 Å². The van der Waals surface area contributed by atoms with Crippen LogP contribution >= 0.6 is 11.6 Å². The van der Waals surface area contributed by atoms with E-state index in [9.17, 15) is 0 Å². The maximum Gasteiger partial charge on any atom is 0.0954 e. The number of hydrogen-bond acceptors (Lipinski definition) is 2. The Balaban J connectivity index is 2.03. The van der Waals surface area contributed by atoms with E-state index < -0.39 is 0 Å². The van der Waals surface area contributed by atoms with Crippen LogP contribution in [0.2, 0.25) is 5.02 Å². The molecule has 4 heteroatoms. The Morgan fingerprint density at radius 1 is 1.44 bits per heavy atom. The molecule has 2 atom stereocenters. The van der Waals surface area contributed by atoms with Crippen molar-refractivity contribution in [3.8, 4) is 11.3 Å². The molecule has 0 spiro atoms. The minimum absolute atomic E-state index is 0.270. The molecule has 1 heterocycles. The van der Waals surface area contributed by atoms with Gasteiger partial charge in [-0.25, -0.2) is 4.98 Å². The number of imidazole rings is 1. The topological polar surface area (TPSA) is 43.8 Å². The summed E-state index contributed by atoms with van der Waals surface area (Å²) in [6.07, 6.45) is 4.73. The second kappa shape index (κ2) is 3.61. The van der Waals surface area contributed by atoms with E-state index in [1.165, 1.54) is 0 Å². The monoisotopic (exact) mass is 233 g/mol. The highest BCUT2D eigenvalue weighted by Crippen LogP contribution is 2.37. The lowest BCUT2D eigenvalue weighted by Gasteiger charge is -2.07. The zero-order valence-corrected chi connectivity index (χ0v) is 9.43. The van der Waals surface area contributed by atoms with Crippen molar-refractivity contribution in [2.75, 3.05) is 0 Å². The Hall–Kier alpha value is -1.32. The van der Waals surface area contributed by atoms with Gasteiger partial charge in [-0.2, -0.15) is 0 Å². The van der Waals surface area contributed by atoms with Crippen LogP contribution in [0, 0.1) is 0 Å². The molecule has 1 aliphatic rings. The van der Waals surface area contributed by atoms with Crippen LogP contribution in [0.4, 0.5) is 0 Å².